The summed E-state index contributed by atoms with van der Waals surface area (Å²) in [5.41, 5.74) is 1.94. The van der Waals surface area contributed by atoms with Gasteiger partial charge in [-0.05, 0) is 75.1 Å². The van der Waals surface area contributed by atoms with Gasteiger partial charge in [-0.2, -0.15) is 16.8 Å². The van der Waals surface area contributed by atoms with Crippen LogP contribution < -0.4 is 0 Å². The second-order valence-electron chi connectivity index (χ2n) is 8.45. The molecule has 8 heteroatoms. The highest BCUT2D eigenvalue weighted by Crippen LogP contribution is 2.50. The van der Waals surface area contributed by atoms with Gasteiger partial charge >= 0.3 is 0 Å². The van der Waals surface area contributed by atoms with Crippen molar-refractivity contribution in [3.05, 3.63) is 59.7 Å². The summed E-state index contributed by atoms with van der Waals surface area (Å²) in [6, 6.07) is 13.1. The summed E-state index contributed by atoms with van der Waals surface area (Å²) >= 11 is 0. The van der Waals surface area contributed by atoms with E-state index in [1.54, 1.807) is 36.4 Å². The molecule has 0 amide bonds. The molecule has 2 aliphatic carbocycles. The van der Waals surface area contributed by atoms with E-state index in [0.29, 0.717) is 12.3 Å². The number of rotatable bonds is 7. The van der Waals surface area contributed by atoms with Crippen LogP contribution in [-0.4, -0.2) is 29.5 Å². The minimum Gasteiger partial charge on any atom is -0.266 e. The zero-order chi connectivity index (χ0) is 21.5. The Bertz CT molecular complexity index is 1100. The Morgan fingerprint density at radius 2 is 1.30 bits per heavy atom. The van der Waals surface area contributed by atoms with Crippen molar-refractivity contribution in [1.29, 1.82) is 0 Å². The van der Waals surface area contributed by atoms with Crippen LogP contribution in [0.4, 0.5) is 0 Å². The van der Waals surface area contributed by atoms with Gasteiger partial charge in [0.05, 0.1) is 22.5 Å². The van der Waals surface area contributed by atoms with E-state index in [4.69, 9.17) is 8.37 Å². The zero-order valence-electron chi connectivity index (χ0n) is 17.0. The van der Waals surface area contributed by atoms with Crippen LogP contribution in [-0.2, 0) is 28.6 Å². The van der Waals surface area contributed by atoms with Gasteiger partial charge < -0.3 is 0 Å². The van der Waals surface area contributed by atoms with Crippen LogP contribution in [0.5, 0.6) is 0 Å². The van der Waals surface area contributed by atoms with E-state index < -0.39 is 26.3 Å². The number of aryl methyl sites for hydroxylation is 2. The van der Waals surface area contributed by atoms with Crippen molar-refractivity contribution in [3.63, 3.8) is 0 Å². The average molecular weight is 451 g/mol. The number of benzene rings is 2. The van der Waals surface area contributed by atoms with Gasteiger partial charge in [0.25, 0.3) is 20.2 Å². The van der Waals surface area contributed by atoms with Gasteiger partial charge in [-0.15, -0.1) is 0 Å². The fourth-order valence-corrected chi connectivity index (χ4v) is 6.69. The fraction of sp³-hybridized carbons (Fsp3) is 0.455. The van der Waals surface area contributed by atoms with Gasteiger partial charge in [0, 0.05) is 0 Å². The fourth-order valence-electron chi connectivity index (χ4n) is 4.60. The lowest BCUT2D eigenvalue weighted by molar-refractivity contribution is 0.0852. The highest BCUT2D eigenvalue weighted by atomic mass is 32.2. The maximum Gasteiger partial charge on any atom is 0.297 e. The molecule has 2 saturated carbocycles. The van der Waals surface area contributed by atoms with Crippen LogP contribution >= 0.6 is 0 Å². The van der Waals surface area contributed by atoms with E-state index in [9.17, 15) is 16.8 Å². The first-order valence-corrected chi connectivity index (χ1v) is 12.9. The van der Waals surface area contributed by atoms with Crippen molar-refractivity contribution in [1.82, 2.24) is 0 Å². The summed E-state index contributed by atoms with van der Waals surface area (Å²) in [7, 11) is -7.70. The molecular formula is C22H26O6S2. The molecule has 0 spiro atoms. The first-order valence-electron chi connectivity index (χ1n) is 10.1. The predicted octanol–water partition coefficient (Wildman–Crippen LogP) is 3.83. The molecule has 0 unspecified atom stereocenters. The molecule has 0 N–H and O–H groups in total. The lowest BCUT2D eigenvalue weighted by atomic mass is 9.87. The van der Waals surface area contributed by atoms with Crippen LogP contribution in [0.15, 0.2) is 58.3 Å². The third-order valence-electron chi connectivity index (χ3n) is 6.20. The van der Waals surface area contributed by atoms with Crippen molar-refractivity contribution in [3.8, 4) is 0 Å². The van der Waals surface area contributed by atoms with E-state index in [0.717, 1.165) is 24.0 Å². The van der Waals surface area contributed by atoms with Crippen LogP contribution in [0.2, 0.25) is 0 Å². The summed E-state index contributed by atoms with van der Waals surface area (Å²) in [6.45, 7) is 3.82. The highest BCUT2D eigenvalue weighted by Gasteiger charge is 2.49. The first kappa shape index (κ1) is 21.5. The molecule has 0 heterocycles. The minimum absolute atomic E-state index is 0.0246. The largest absolute Gasteiger partial charge is 0.297 e. The van der Waals surface area contributed by atoms with Gasteiger partial charge in [-0.3, -0.25) is 8.37 Å². The molecule has 0 radical (unpaired) electrons. The van der Waals surface area contributed by atoms with E-state index in [-0.39, 0.29) is 28.2 Å². The van der Waals surface area contributed by atoms with Crippen molar-refractivity contribution < 1.29 is 25.2 Å². The smallest absolute Gasteiger partial charge is 0.266 e. The molecule has 2 aromatic rings. The third kappa shape index (κ3) is 4.46. The Hall–Kier alpha value is -1.74. The Balaban J connectivity index is 1.41. The van der Waals surface area contributed by atoms with Crippen molar-refractivity contribution in [2.45, 2.75) is 49.0 Å². The topological polar surface area (TPSA) is 86.7 Å². The number of hydrogen-bond donors (Lipinski definition) is 0. The molecule has 2 aromatic carbocycles. The van der Waals surface area contributed by atoms with Gasteiger partial charge in [0.15, 0.2) is 0 Å². The molecule has 0 aromatic heterocycles. The quantitative estimate of drug-likeness (QED) is 0.596. The molecule has 2 aliphatic rings. The van der Waals surface area contributed by atoms with E-state index in [1.165, 1.54) is 12.1 Å². The Morgan fingerprint density at radius 1 is 0.767 bits per heavy atom. The first-order chi connectivity index (χ1) is 14.1. The van der Waals surface area contributed by atoms with Gasteiger partial charge in [0.2, 0.25) is 0 Å². The summed E-state index contributed by atoms with van der Waals surface area (Å²) < 4.78 is 61.2. The van der Waals surface area contributed by atoms with Crippen molar-refractivity contribution in [2.24, 2.45) is 17.8 Å². The lowest BCUT2D eigenvalue weighted by Gasteiger charge is -2.28. The normalized spacial score (nSPS) is 26.2. The third-order valence-corrected chi connectivity index (χ3v) is 8.84. The summed E-state index contributed by atoms with van der Waals surface area (Å²) in [6.07, 6.45) is 1.91. The molecule has 2 bridgehead atoms. The molecule has 162 valence electrons. The summed E-state index contributed by atoms with van der Waals surface area (Å²) in [5.74, 6) is 0.273. The van der Waals surface area contributed by atoms with E-state index in [2.05, 4.69) is 0 Å². The second kappa shape index (κ2) is 8.07. The van der Waals surface area contributed by atoms with Gasteiger partial charge in [-0.1, -0.05) is 35.4 Å². The molecule has 2 fully saturated rings. The molecule has 0 saturated heterocycles. The molecule has 4 atom stereocenters. The van der Waals surface area contributed by atoms with Gasteiger partial charge in [-0.25, -0.2) is 0 Å². The van der Waals surface area contributed by atoms with Crippen LogP contribution in [0.25, 0.3) is 0 Å². The summed E-state index contributed by atoms with van der Waals surface area (Å²) in [4.78, 5) is 0.275. The second-order valence-corrected chi connectivity index (χ2v) is 11.6. The standard InChI is InChI=1S/C22H26O6S2/c1-15-3-7-19(8-4-15)29(23,24)27-14-18-11-17-12-21(18)22(13-17)28-30(25,26)20-9-5-16(2)6-10-20/h3-10,17-18,21-22H,11-14H2,1-2H3/t17-,18+,21-,22+/m0/s1. The molecule has 30 heavy (non-hydrogen) atoms. The van der Waals surface area contributed by atoms with Crippen LogP contribution in [0.1, 0.15) is 30.4 Å². The molecule has 4 rings (SSSR count). The average Bonchev–Trinajstić information content (AvgIpc) is 3.27. The SMILES string of the molecule is Cc1ccc(S(=O)(=O)OC[C@H]2C[C@H]3C[C@@H]2[C@H](OS(=O)(=O)c2ccc(C)cc2)C3)cc1. The van der Waals surface area contributed by atoms with Gasteiger partial charge in [0.1, 0.15) is 0 Å². The van der Waals surface area contributed by atoms with Crippen LogP contribution in [0.3, 0.4) is 0 Å². The lowest BCUT2D eigenvalue weighted by Crippen LogP contribution is -2.32. The molecule has 0 aliphatic heterocycles. The number of fused-ring (bicyclic) bond motifs is 2. The van der Waals surface area contributed by atoms with Crippen molar-refractivity contribution in [2.75, 3.05) is 6.61 Å². The maximum atomic E-state index is 12.7. The minimum atomic E-state index is -3.86. The molecular weight excluding hydrogens is 424 g/mol. The Morgan fingerprint density at radius 3 is 1.83 bits per heavy atom. The Labute approximate surface area is 178 Å². The molecule has 6 nitrogen and oxygen atoms in total. The van der Waals surface area contributed by atoms with Crippen molar-refractivity contribution >= 4 is 20.2 Å². The predicted molar refractivity (Wildman–Crippen MR) is 112 cm³/mol. The monoisotopic (exact) mass is 450 g/mol. The van der Waals surface area contributed by atoms with E-state index >= 15 is 0 Å². The highest BCUT2D eigenvalue weighted by molar-refractivity contribution is 7.87. The zero-order valence-corrected chi connectivity index (χ0v) is 18.7. The van der Waals surface area contributed by atoms with E-state index in [1.807, 2.05) is 13.8 Å². The van der Waals surface area contributed by atoms with Crippen LogP contribution in [0, 0.1) is 31.6 Å². The number of hydrogen-bond acceptors (Lipinski definition) is 6. The summed E-state index contributed by atoms with van der Waals surface area (Å²) in [5, 5.41) is 0. The maximum absolute atomic E-state index is 12.7. The Kier molecular flexibility index (Phi) is 5.78.